The monoisotopic (exact) mass is 140 g/mol. The van der Waals surface area contributed by atoms with Crippen molar-refractivity contribution >= 4 is 7.28 Å². The molecule has 59 valence electrons. The zero-order valence-corrected chi connectivity index (χ0v) is 7.65. The highest BCUT2D eigenvalue weighted by molar-refractivity contribution is 6.33. The SMILES string of the molecule is C[B]CC(CC(C)C)NC. The normalized spacial score (nSPS) is 13.7. The highest BCUT2D eigenvalue weighted by Crippen LogP contribution is 2.06. The largest absolute Gasteiger partial charge is 0.318 e. The Balaban J connectivity index is 3.39. The molecule has 10 heavy (non-hydrogen) atoms. The minimum atomic E-state index is 0.685. The van der Waals surface area contributed by atoms with Crippen LogP contribution in [0.25, 0.3) is 0 Å². The molecule has 0 aromatic rings. The number of hydrogen-bond acceptors (Lipinski definition) is 1. The van der Waals surface area contributed by atoms with E-state index in [9.17, 15) is 0 Å². The van der Waals surface area contributed by atoms with E-state index in [2.05, 4.69) is 33.3 Å². The van der Waals surface area contributed by atoms with Crippen molar-refractivity contribution in [3.8, 4) is 0 Å². The lowest BCUT2D eigenvalue weighted by atomic mass is 9.73. The van der Waals surface area contributed by atoms with Crippen LogP contribution >= 0.6 is 0 Å². The van der Waals surface area contributed by atoms with Gasteiger partial charge in [-0.1, -0.05) is 27.0 Å². The highest BCUT2D eigenvalue weighted by Gasteiger charge is 2.05. The molecular formula is C8H19BN. The van der Waals surface area contributed by atoms with Crippen LogP contribution in [0, 0.1) is 5.92 Å². The van der Waals surface area contributed by atoms with Crippen LogP contribution in [0.4, 0.5) is 0 Å². The zero-order chi connectivity index (χ0) is 7.98. The molecule has 1 unspecified atom stereocenters. The average molecular weight is 140 g/mol. The van der Waals surface area contributed by atoms with Crippen molar-refractivity contribution in [2.45, 2.75) is 39.5 Å². The molecule has 1 atom stereocenters. The summed E-state index contributed by atoms with van der Waals surface area (Å²) in [5.41, 5.74) is 0. The van der Waals surface area contributed by atoms with E-state index in [1.54, 1.807) is 0 Å². The third kappa shape index (κ3) is 4.86. The second kappa shape index (κ2) is 5.78. The van der Waals surface area contributed by atoms with E-state index in [0.717, 1.165) is 5.92 Å². The molecule has 0 saturated heterocycles. The molecule has 0 spiro atoms. The van der Waals surface area contributed by atoms with Crippen molar-refractivity contribution in [3.63, 3.8) is 0 Å². The number of nitrogens with one attached hydrogen (secondary N) is 1. The molecule has 2 heteroatoms. The molecule has 0 aromatic carbocycles. The quantitative estimate of drug-likeness (QED) is 0.574. The summed E-state index contributed by atoms with van der Waals surface area (Å²) in [6.45, 7) is 6.64. The predicted molar refractivity (Wildman–Crippen MR) is 48.7 cm³/mol. The molecular weight excluding hydrogens is 121 g/mol. The van der Waals surface area contributed by atoms with Crippen molar-refractivity contribution in [2.75, 3.05) is 7.05 Å². The fourth-order valence-corrected chi connectivity index (χ4v) is 1.19. The lowest BCUT2D eigenvalue weighted by Crippen LogP contribution is -2.27. The second-order valence-corrected chi connectivity index (χ2v) is 3.26. The molecule has 0 bridgehead atoms. The number of rotatable bonds is 5. The summed E-state index contributed by atoms with van der Waals surface area (Å²) >= 11 is 0. The molecule has 1 radical (unpaired) electrons. The Labute approximate surface area is 65.8 Å². The van der Waals surface area contributed by atoms with Gasteiger partial charge in [0.1, 0.15) is 7.28 Å². The van der Waals surface area contributed by atoms with Crippen LogP contribution in [0.3, 0.4) is 0 Å². The summed E-state index contributed by atoms with van der Waals surface area (Å²) in [6.07, 6.45) is 2.47. The van der Waals surface area contributed by atoms with Gasteiger partial charge in [-0.2, -0.15) is 0 Å². The van der Waals surface area contributed by atoms with Gasteiger partial charge in [0.25, 0.3) is 0 Å². The molecule has 0 fully saturated rings. The molecule has 1 N–H and O–H groups in total. The standard InChI is InChI=1S/C8H19BN/c1-7(2)5-8(10-4)6-9-3/h7-8,10H,5-6H2,1-4H3. The summed E-state index contributed by atoms with van der Waals surface area (Å²) < 4.78 is 0. The maximum absolute atomic E-state index is 3.30. The van der Waals surface area contributed by atoms with E-state index in [-0.39, 0.29) is 0 Å². The topological polar surface area (TPSA) is 12.0 Å². The average Bonchev–Trinajstić information content (AvgIpc) is 1.86. The summed E-state index contributed by atoms with van der Waals surface area (Å²) in [5, 5.41) is 3.30. The van der Waals surface area contributed by atoms with Crippen LogP contribution in [0.2, 0.25) is 13.1 Å². The van der Waals surface area contributed by atoms with Crippen LogP contribution in [0.5, 0.6) is 0 Å². The molecule has 0 aromatic heterocycles. The maximum Gasteiger partial charge on any atom is 0.107 e. The molecule has 1 nitrogen and oxygen atoms in total. The van der Waals surface area contributed by atoms with E-state index in [1.807, 2.05) is 7.05 Å². The highest BCUT2D eigenvalue weighted by atomic mass is 14.9. The first-order valence-electron chi connectivity index (χ1n) is 4.15. The Bertz CT molecular complexity index is 73.7. The molecule has 0 aliphatic rings. The van der Waals surface area contributed by atoms with E-state index in [0.29, 0.717) is 6.04 Å². The van der Waals surface area contributed by atoms with Crippen LogP contribution in [0.15, 0.2) is 0 Å². The Kier molecular flexibility index (Phi) is 5.80. The van der Waals surface area contributed by atoms with Crippen molar-refractivity contribution in [3.05, 3.63) is 0 Å². The van der Waals surface area contributed by atoms with E-state index < -0.39 is 0 Å². The first kappa shape index (κ1) is 10.0. The van der Waals surface area contributed by atoms with E-state index >= 15 is 0 Å². The Morgan fingerprint density at radius 2 is 2.00 bits per heavy atom. The maximum atomic E-state index is 3.30. The zero-order valence-electron chi connectivity index (χ0n) is 7.65. The molecule has 0 aliphatic heterocycles. The van der Waals surface area contributed by atoms with Crippen molar-refractivity contribution in [2.24, 2.45) is 5.92 Å². The van der Waals surface area contributed by atoms with Crippen molar-refractivity contribution in [1.29, 1.82) is 0 Å². The number of hydrogen-bond donors (Lipinski definition) is 1. The minimum absolute atomic E-state index is 0.685. The van der Waals surface area contributed by atoms with Gasteiger partial charge in [0.15, 0.2) is 0 Å². The molecule has 0 heterocycles. The Hall–Kier alpha value is 0.0249. The molecule has 0 amide bonds. The van der Waals surface area contributed by atoms with Crippen LogP contribution in [-0.2, 0) is 0 Å². The van der Waals surface area contributed by atoms with Gasteiger partial charge in [0.05, 0.1) is 0 Å². The predicted octanol–water partition coefficient (Wildman–Crippen LogP) is 1.79. The van der Waals surface area contributed by atoms with E-state index in [4.69, 9.17) is 0 Å². The van der Waals surface area contributed by atoms with Gasteiger partial charge in [-0.05, 0) is 25.4 Å². The second-order valence-electron chi connectivity index (χ2n) is 3.26. The Morgan fingerprint density at radius 3 is 2.30 bits per heavy atom. The van der Waals surface area contributed by atoms with Gasteiger partial charge >= 0.3 is 0 Å². The van der Waals surface area contributed by atoms with Crippen LogP contribution in [0.1, 0.15) is 20.3 Å². The van der Waals surface area contributed by atoms with Gasteiger partial charge in [-0.15, -0.1) is 0 Å². The van der Waals surface area contributed by atoms with Crippen molar-refractivity contribution < 1.29 is 0 Å². The fourth-order valence-electron chi connectivity index (χ4n) is 1.19. The molecule has 0 saturated carbocycles. The lowest BCUT2D eigenvalue weighted by molar-refractivity contribution is 0.468. The van der Waals surface area contributed by atoms with Crippen LogP contribution < -0.4 is 5.32 Å². The summed E-state index contributed by atoms with van der Waals surface area (Å²) in [4.78, 5) is 0. The Morgan fingerprint density at radius 1 is 1.40 bits per heavy atom. The van der Waals surface area contributed by atoms with Crippen molar-refractivity contribution in [1.82, 2.24) is 5.32 Å². The lowest BCUT2D eigenvalue weighted by Gasteiger charge is -2.16. The third-order valence-electron chi connectivity index (χ3n) is 1.68. The van der Waals surface area contributed by atoms with Gasteiger partial charge in [0, 0.05) is 0 Å². The van der Waals surface area contributed by atoms with Gasteiger partial charge in [0.2, 0.25) is 0 Å². The third-order valence-corrected chi connectivity index (χ3v) is 1.68. The molecule has 0 rings (SSSR count). The first-order valence-corrected chi connectivity index (χ1v) is 4.15. The molecule has 0 aliphatic carbocycles. The summed E-state index contributed by atoms with van der Waals surface area (Å²) in [6, 6.07) is 0.685. The van der Waals surface area contributed by atoms with E-state index in [1.165, 1.54) is 12.7 Å². The van der Waals surface area contributed by atoms with Crippen LogP contribution in [-0.4, -0.2) is 20.4 Å². The summed E-state index contributed by atoms with van der Waals surface area (Å²) in [5.74, 6) is 0.803. The van der Waals surface area contributed by atoms with Gasteiger partial charge < -0.3 is 5.32 Å². The minimum Gasteiger partial charge on any atom is -0.318 e. The van der Waals surface area contributed by atoms with Gasteiger partial charge in [-0.3, -0.25) is 0 Å². The summed E-state index contributed by atoms with van der Waals surface area (Å²) in [7, 11) is 4.26. The van der Waals surface area contributed by atoms with Gasteiger partial charge in [-0.25, -0.2) is 0 Å². The fraction of sp³-hybridized carbons (Fsp3) is 1.00. The smallest absolute Gasteiger partial charge is 0.107 e. The first-order chi connectivity index (χ1) is 4.70.